The molecule has 0 radical (unpaired) electrons. The van der Waals surface area contributed by atoms with Crippen LogP contribution >= 0.6 is 0 Å². The van der Waals surface area contributed by atoms with Gasteiger partial charge in [0.2, 0.25) is 5.88 Å². The maximum atomic E-state index is 11.9. The van der Waals surface area contributed by atoms with E-state index in [1.807, 2.05) is 6.92 Å². The highest BCUT2D eigenvalue weighted by molar-refractivity contribution is 5.08. The minimum Gasteiger partial charge on any atom is -0.467 e. The van der Waals surface area contributed by atoms with Crippen LogP contribution in [0.25, 0.3) is 0 Å². The Balaban J connectivity index is 2.01. The van der Waals surface area contributed by atoms with Gasteiger partial charge in [-0.3, -0.25) is 0 Å². The van der Waals surface area contributed by atoms with Gasteiger partial charge in [-0.15, -0.1) is 5.10 Å². The fourth-order valence-electron chi connectivity index (χ4n) is 1.79. The highest BCUT2D eigenvalue weighted by Gasteiger charge is 2.44. The number of halogens is 3. The van der Waals surface area contributed by atoms with Gasteiger partial charge in [-0.05, 0) is 12.8 Å². The highest BCUT2D eigenvalue weighted by atomic mass is 19.4. The van der Waals surface area contributed by atoms with Crippen LogP contribution in [0.5, 0.6) is 5.88 Å². The summed E-state index contributed by atoms with van der Waals surface area (Å²) in [6.07, 6.45) is -1.53. The third-order valence-corrected chi connectivity index (χ3v) is 3.08. The zero-order chi connectivity index (χ0) is 12.7. The van der Waals surface area contributed by atoms with Crippen LogP contribution in [0, 0.1) is 5.92 Å². The Morgan fingerprint density at radius 2 is 2.35 bits per heavy atom. The summed E-state index contributed by atoms with van der Waals surface area (Å²) in [5.41, 5.74) is -1.08. The molecule has 1 aliphatic carbocycles. The van der Waals surface area contributed by atoms with Gasteiger partial charge in [0.25, 0.3) is 0 Å². The molecule has 1 fully saturated rings. The van der Waals surface area contributed by atoms with Crippen LogP contribution in [0.1, 0.15) is 19.8 Å². The van der Waals surface area contributed by atoms with Gasteiger partial charge in [-0.25, -0.2) is 4.68 Å². The molecule has 1 saturated carbocycles. The van der Waals surface area contributed by atoms with Gasteiger partial charge in [0.05, 0.1) is 0 Å². The lowest BCUT2D eigenvalue weighted by Crippen LogP contribution is -2.48. The number of aliphatic hydroxyl groups is 1. The molecule has 0 aromatic carbocycles. The molecule has 1 aliphatic rings. The van der Waals surface area contributed by atoms with E-state index < -0.39 is 18.5 Å². The normalized spacial score (nSPS) is 28.9. The van der Waals surface area contributed by atoms with Gasteiger partial charge < -0.3 is 9.84 Å². The molecule has 1 N–H and O–H groups in total. The second-order valence-electron chi connectivity index (χ2n) is 4.32. The lowest BCUT2D eigenvalue weighted by Gasteiger charge is -2.43. The largest absolute Gasteiger partial charge is 0.467 e. The molecule has 2 rings (SSSR count). The Morgan fingerprint density at radius 1 is 1.65 bits per heavy atom. The minimum atomic E-state index is -4.38. The number of hydrogen-bond acceptors (Lipinski definition) is 3. The average Bonchev–Trinajstić information content (AvgIpc) is 2.71. The van der Waals surface area contributed by atoms with Crippen molar-refractivity contribution >= 4 is 0 Å². The number of rotatable bonds is 3. The lowest BCUT2D eigenvalue weighted by atomic mass is 9.77. The summed E-state index contributed by atoms with van der Waals surface area (Å²) in [5, 5.41) is 13.9. The quantitative estimate of drug-likeness (QED) is 0.891. The Hall–Kier alpha value is -1.24. The van der Waals surface area contributed by atoms with Crippen LogP contribution in [0.4, 0.5) is 13.2 Å². The maximum absolute atomic E-state index is 11.9. The van der Waals surface area contributed by atoms with E-state index in [-0.39, 0.29) is 11.8 Å². The molecular formula is C10H13F3N2O2. The summed E-state index contributed by atoms with van der Waals surface area (Å²) in [4.78, 5) is 0. The average molecular weight is 250 g/mol. The molecule has 2 unspecified atom stereocenters. The molecule has 96 valence electrons. The van der Waals surface area contributed by atoms with E-state index in [1.165, 1.54) is 16.9 Å². The van der Waals surface area contributed by atoms with Crippen molar-refractivity contribution in [3.05, 3.63) is 12.3 Å². The van der Waals surface area contributed by atoms with Crippen molar-refractivity contribution in [2.45, 2.75) is 31.7 Å². The number of alkyl halides is 3. The number of ether oxygens (including phenoxy) is 1. The van der Waals surface area contributed by atoms with Crippen LogP contribution in [-0.2, 0) is 5.72 Å². The van der Waals surface area contributed by atoms with E-state index in [0.717, 1.165) is 6.42 Å². The predicted octanol–water partition coefficient (Wildman–Crippen LogP) is 1.90. The number of hydrogen-bond donors (Lipinski definition) is 1. The van der Waals surface area contributed by atoms with Crippen molar-refractivity contribution in [1.82, 2.24) is 9.78 Å². The minimum absolute atomic E-state index is 0.0397. The first-order valence-corrected chi connectivity index (χ1v) is 5.29. The molecule has 2 atom stereocenters. The third-order valence-electron chi connectivity index (χ3n) is 3.08. The van der Waals surface area contributed by atoms with Crippen molar-refractivity contribution in [2.75, 3.05) is 6.61 Å². The van der Waals surface area contributed by atoms with Crippen LogP contribution in [-0.4, -0.2) is 27.7 Å². The zero-order valence-electron chi connectivity index (χ0n) is 9.24. The first kappa shape index (κ1) is 12.2. The van der Waals surface area contributed by atoms with Crippen LogP contribution < -0.4 is 4.74 Å². The van der Waals surface area contributed by atoms with E-state index in [2.05, 4.69) is 9.84 Å². The first-order chi connectivity index (χ1) is 7.81. The Bertz CT molecular complexity index is 405. The Kier molecular flexibility index (Phi) is 2.81. The first-order valence-electron chi connectivity index (χ1n) is 5.29. The number of nitrogens with zero attached hydrogens (tertiary/aromatic N) is 2. The summed E-state index contributed by atoms with van der Waals surface area (Å²) < 4.78 is 41.5. The van der Waals surface area contributed by atoms with E-state index in [0.29, 0.717) is 6.42 Å². The summed E-state index contributed by atoms with van der Waals surface area (Å²) in [5.74, 6) is -0.0901. The molecule has 7 heteroatoms. The van der Waals surface area contributed by atoms with Crippen molar-refractivity contribution in [1.29, 1.82) is 0 Å². The molecule has 17 heavy (non-hydrogen) atoms. The second-order valence-corrected chi connectivity index (χ2v) is 4.32. The maximum Gasteiger partial charge on any atom is 0.422 e. The van der Waals surface area contributed by atoms with E-state index >= 15 is 0 Å². The molecule has 0 amide bonds. The summed E-state index contributed by atoms with van der Waals surface area (Å²) in [6, 6.07) is 1.31. The van der Waals surface area contributed by atoms with E-state index in [9.17, 15) is 18.3 Å². The van der Waals surface area contributed by atoms with Crippen LogP contribution in [0.2, 0.25) is 0 Å². The lowest BCUT2D eigenvalue weighted by molar-refractivity contribution is -0.166. The third kappa shape index (κ3) is 2.38. The fourth-order valence-corrected chi connectivity index (χ4v) is 1.79. The Morgan fingerprint density at radius 3 is 2.82 bits per heavy atom. The fraction of sp³-hybridized carbons (Fsp3) is 0.700. The summed E-state index contributed by atoms with van der Waals surface area (Å²) in [6.45, 7) is 0.486. The molecule has 1 aromatic rings. The summed E-state index contributed by atoms with van der Waals surface area (Å²) in [7, 11) is 0. The zero-order valence-corrected chi connectivity index (χ0v) is 9.24. The van der Waals surface area contributed by atoms with Crippen LogP contribution in [0.3, 0.4) is 0 Å². The Labute approximate surface area is 96.0 Å². The van der Waals surface area contributed by atoms with Gasteiger partial charge in [-0.1, -0.05) is 6.92 Å². The monoisotopic (exact) mass is 250 g/mol. The van der Waals surface area contributed by atoms with E-state index in [4.69, 9.17) is 0 Å². The van der Waals surface area contributed by atoms with Gasteiger partial charge in [0.1, 0.15) is 0 Å². The van der Waals surface area contributed by atoms with Crippen molar-refractivity contribution in [2.24, 2.45) is 5.92 Å². The smallest absolute Gasteiger partial charge is 0.422 e. The summed E-state index contributed by atoms with van der Waals surface area (Å²) >= 11 is 0. The standard InChI is InChI=1S/C10H13F3N2O2/c1-7-2-4-9(7,16)15-5-3-8(14-15)17-6-10(11,12)13/h3,5,7,16H,2,4,6H2,1H3. The molecule has 1 heterocycles. The van der Waals surface area contributed by atoms with Gasteiger partial charge >= 0.3 is 6.18 Å². The number of aromatic nitrogens is 2. The van der Waals surface area contributed by atoms with Gasteiger partial charge in [0.15, 0.2) is 12.3 Å². The van der Waals surface area contributed by atoms with E-state index in [1.54, 1.807) is 0 Å². The van der Waals surface area contributed by atoms with Crippen molar-refractivity contribution in [3.8, 4) is 5.88 Å². The SMILES string of the molecule is CC1CCC1(O)n1ccc(OCC(F)(F)F)n1. The molecular weight excluding hydrogens is 237 g/mol. The van der Waals surface area contributed by atoms with Gasteiger partial charge in [0, 0.05) is 18.2 Å². The molecule has 0 aliphatic heterocycles. The van der Waals surface area contributed by atoms with Crippen LogP contribution in [0.15, 0.2) is 12.3 Å². The predicted molar refractivity (Wildman–Crippen MR) is 52.4 cm³/mol. The van der Waals surface area contributed by atoms with Crippen molar-refractivity contribution < 1.29 is 23.0 Å². The molecule has 0 bridgehead atoms. The van der Waals surface area contributed by atoms with Gasteiger partial charge in [-0.2, -0.15) is 13.2 Å². The van der Waals surface area contributed by atoms with Crippen molar-refractivity contribution in [3.63, 3.8) is 0 Å². The molecule has 0 spiro atoms. The molecule has 0 saturated heterocycles. The topological polar surface area (TPSA) is 47.3 Å². The molecule has 1 aromatic heterocycles. The molecule has 4 nitrogen and oxygen atoms in total. The highest BCUT2D eigenvalue weighted by Crippen LogP contribution is 2.42. The second kappa shape index (κ2) is 3.90.